The molecule has 1 atom stereocenters. The molecule has 1 saturated heterocycles. The predicted octanol–water partition coefficient (Wildman–Crippen LogP) is 2.42. The van der Waals surface area contributed by atoms with Crippen molar-refractivity contribution in [2.45, 2.75) is 12.6 Å². The van der Waals surface area contributed by atoms with Gasteiger partial charge < -0.3 is 19.7 Å². The molecule has 1 aromatic carbocycles. The Kier molecular flexibility index (Phi) is 5.93. The summed E-state index contributed by atoms with van der Waals surface area (Å²) < 4.78 is 11.0. The number of morpholine rings is 1. The highest BCUT2D eigenvalue weighted by Crippen LogP contribution is 2.32. The minimum atomic E-state index is 0.217. The van der Waals surface area contributed by atoms with Gasteiger partial charge in [0.15, 0.2) is 0 Å². The molecular weight excluding hydrogens is 299 g/mol. The largest absolute Gasteiger partial charge is 0.495 e. The van der Waals surface area contributed by atoms with Gasteiger partial charge in [-0.1, -0.05) is 23.2 Å². The molecule has 112 valence electrons. The average Bonchev–Trinajstić information content (AvgIpc) is 2.38. The van der Waals surface area contributed by atoms with Gasteiger partial charge >= 0.3 is 0 Å². The van der Waals surface area contributed by atoms with Crippen molar-refractivity contribution in [1.82, 2.24) is 10.2 Å². The molecule has 0 saturated carbocycles. The number of hydrogen-bond acceptors (Lipinski definition) is 4. The molecule has 0 aromatic heterocycles. The number of benzene rings is 1. The zero-order valence-corrected chi connectivity index (χ0v) is 13.3. The van der Waals surface area contributed by atoms with Gasteiger partial charge in [-0.25, -0.2) is 0 Å². The number of ether oxygens (including phenoxy) is 2. The van der Waals surface area contributed by atoms with Crippen molar-refractivity contribution in [2.75, 3.05) is 40.4 Å². The Balaban J connectivity index is 1.90. The number of likely N-dealkylation sites (N-methyl/N-ethyl adjacent to an activating group) is 1. The lowest BCUT2D eigenvalue weighted by atomic mass is 10.2. The molecule has 1 heterocycles. The maximum Gasteiger partial charge on any atom is 0.142 e. The minimum Gasteiger partial charge on any atom is -0.495 e. The minimum absolute atomic E-state index is 0.217. The monoisotopic (exact) mass is 318 g/mol. The molecule has 6 heteroatoms. The first-order valence-corrected chi connectivity index (χ1v) is 7.38. The summed E-state index contributed by atoms with van der Waals surface area (Å²) in [5.74, 6) is 0.672. The van der Waals surface area contributed by atoms with Crippen LogP contribution in [0, 0.1) is 0 Å². The van der Waals surface area contributed by atoms with E-state index >= 15 is 0 Å². The molecule has 0 radical (unpaired) electrons. The smallest absolute Gasteiger partial charge is 0.142 e. The Morgan fingerprint density at radius 2 is 2.25 bits per heavy atom. The van der Waals surface area contributed by atoms with E-state index in [-0.39, 0.29) is 6.10 Å². The molecule has 0 unspecified atom stereocenters. The van der Waals surface area contributed by atoms with Crippen molar-refractivity contribution in [3.8, 4) is 5.75 Å². The Morgan fingerprint density at radius 1 is 1.45 bits per heavy atom. The summed E-state index contributed by atoms with van der Waals surface area (Å²) in [6.07, 6.45) is 0.217. The summed E-state index contributed by atoms with van der Waals surface area (Å²) in [6, 6.07) is 3.55. The molecule has 0 amide bonds. The number of halogens is 2. The van der Waals surface area contributed by atoms with E-state index in [1.54, 1.807) is 13.2 Å². The fraction of sp³-hybridized carbons (Fsp3) is 0.571. The molecule has 4 nitrogen and oxygen atoms in total. The molecule has 2 rings (SSSR count). The van der Waals surface area contributed by atoms with Crippen LogP contribution in [-0.4, -0.2) is 51.4 Å². The lowest BCUT2D eigenvalue weighted by molar-refractivity contribution is -0.0182. The van der Waals surface area contributed by atoms with Crippen LogP contribution in [-0.2, 0) is 11.3 Å². The Bertz CT molecular complexity index is 457. The third kappa shape index (κ3) is 4.24. The molecule has 1 aliphatic rings. The second kappa shape index (κ2) is 7.48. The van der Waals surface area contributed by atoms with Crippen LogP contribution in [0.5, 0.6) is 5.75 Å². The van der Waals surface area contributed by atoms with Crippen molar-refractivity contribution < 1.29 is 9.47 Å². The summed E-state index contributed by atoms with van der Waals surface area (Å²) >= 11 is 12.1. The summed E-state index contributed by atoms with van der Waals surface area (Å²) in [4.78, 5) is 2.27. The normalized spacial score (nSPS) is 20.1. The zero-order chi connectivity index (χ0) is 14.5. The van der Waals surface area contributed by atoms with Gasteiger partial charge in [0.2, 0.25) is 0 Å². The van der Waals surface area contributed by atoms with Crippen LogP contribution in [0.15, 0.2) is 12.1 Å². The van der Waals surface area contributed by atoms with Crippen LogP contribution in [0.25, 0.3) is 0 Å². The topological polar surface area (TPSA) is 33.7 Å². The van der Waals surface area contributed by atoms with Crippen LogP contribution in [0.3, 0.4) is 0 Å². The predicted molar refractivity (Wildman–Crippen MR) is 82.0 cm³/mol. The van der Waals surface area contributed by atoms with E-state index in [0.717, 1.165) is 31.8 Å². The third-order valence-corrected chi connectivity index (χ3v) is 3.82. The van der Waals surface area contributed by atoms with E-state index in [4.69, 9.17) is 32.7 Å². The van der Waals surface area contributed by atoms with Gasteiger partial charge in [0, 0.05) is 36.8 Å². The number of rotatable bonds is 5. The lowest BCUT2D eigenvalue weighted by Gasteiger charge is -2.30. The van der Waals surface area contributed by atoms with Crippen LogP contribution >= 0.6 is 23.2 Å². The van der Waals surface area contributed by atoms with Gasteiger partial charge in [-0.2, -0.15) is 0 Å². The summed E-state index contributed by atoms with van der Waals surface area (Å²) in [7, 11) is 3.72. The first-order valence-electron chi connectivity index (χ1n) is 6.63. The SMILES string of the molecule is COc1c(Cl)cc(Cl)cc1CNC[C@H]1CN(C)CCO1. The van der Waals surface area contributed by atoms with Crippen molar-refractivity contribution >= 4 is 23.2 Å². The fourth-order valence-corrected chi connectivity index (χ4v) is 2.94. The molecule has 0 aliphatic carbocycles. The second-order valence-electron chi connectivity index (χ2n) is 4.97. The van der Waals surface area contributed by atoms with Crippen LogP contribution in [0.2, 0.25) is 10.0 Å². The van der Waals surface area contributed by atoms with E-state index < -0.39 is 0 Å². The van der Waals surface area contributed by atoms with E-state index in [0.29, 0.717) is 22.3 Å². The maximum absolute atomic E-state index is 6.11. The van der Waals surface area contributed by atoms with Gasteiger partial charge in [0.25, 0.3) is 0 Å². The van der Waals surface area contributed by atoms with E-state index in [1.807, 2.05) is 6.07 Å². The second-order valence-corrected chi connectivity index (χ2v) is 5.81. The Labute approximate surface area is 129 Å². The van der Waals surface area contributed by atoms with Gasteiger partial charge in [0.05, 0.1) is 24.8 Å². The lowest BCUT2D eigenvalue weighted by Crippen LogP contribution is -2.44. The molecular formula is C14H20Cl2N2O2. The molecule has 1 aliphatic heterocycles. The summed E-state index contributed by atoms with van der Waals surface area (Å²) in [5.41, 5.74) is 0.953. The number of hydrogen-bond donors (Lipinski definition) is 1. The first kappa shape index (κ1) is 15.9. The molecule has 0 bridgehead atoms. The molecule has 1 N–H and O–H groups in total. The van der Waals surface area contributed by atoms with Crippen LogP contribution < -0.4 is 10.1 Å². The fourth-order valence-electron chi connectivity index (χ4n) is 2.33. The van der Waals surface area contributed by atoms with Gasteiger partial charge in [-0.05, 0) is 19.2 Å². The van der Waals surface area contributed by atoms with Crippen molar-refractivity contribution in [1.29, 1.82) is 0 Å². The average molecular weight is 319 g/mol. The van der Waals surface area contributed by atoms with Crippen LogP contribution in [0.4, 0.5) is 0 Å². The third-order valence-electron chi connectivity index (χ3n) is 3.32. The highest BCUT2D eigenvalue weighted by Gasteiger charge is 2.17. The number of nitrogens with zero attached hydrogens (tertiary/aromatic N) is 1. The standard InChI is InChI=1S/C14H20Cl2N2O2/c1-18-3-4-20-12(9-18)8-17-7-10-5-11(15)6-13(16)14(10)19-2/h5-6,12,17H,3-4,7-9H2,1-2H3/t12-/m0/s1. The Hall–Kier alpha value is -0.520. The summed E-state index contributed by atoms with van der Waals surface area (Å²) in [5, 5.41) is 4.52. The van der Waals surface area contributed by atoms with E-state index in [1.165, 1.54) is 0 Å². The first-order chi connectivity index (χ1) is 9.60. The van der Waals surface area contributed by atoms with E-state index in [2.05, 4.69) is 17.3 Å². The van der Waals surface area contributed by atoms with Gasteiger partial charge in [-0.3, -0.25) is 0 Å². The maximum atomic E-state index is 6.11. The summed E-state index contributed by atoms with van der Waals surface area (Å²) in [6.45, 7) is 4.16. The van der Waals surface area contributed by atoms with Gasteiger partial charge in [0.1, 0.15) is 5.75 Å². The van der Waals surface area contributed by atoms with Crippen LogP contribution in [0.1, 0.15) is 5.56 Å². The highest BCUT2D eigenvalue weighted by molar-refractivity contribution is 6.35. The van der Waals surface area contributed by atoms with Gasteiger partial charge in [-0.15, -0.1) is 0 Å². The number of methoxy groups -OCH3 is 1. The number of nitrogens with one attached hydrogen (secondary N) is 1. The van der Waals surface area contributed by atoms with Crippen molar-refractivity contribution in [2.24, 2.45) is 0 Å². The quantitative estimate of drug-likeness (QED) is 0.904. The molecule has 20 heavy (non-hydrogen) atoms. The highest BCUT2D eigenvalue weighted by atomic mass is 35.5. The van der Waals surface area contributed by atoms with Crippen molar-refractivity contribution in [3.63, 3.8) is 0 Å². The van der Waals surface area contributed by atoms with Crippen molar-refractivity contribution in [3.05, 3.63) is 27.7 Å². The molecule has 1 fully saturated rings. The van der Waals surface area contributed by atoms with E-state index in [9.17, 15) is 0 Å². The molecule has 1 aromatic rings. The Morgan fingerprint density at radius 3 is 2.95 bits per heavy atom. The zero-order valence-electron chi connectivity index (χ0n) is 11.8. The molecule has 0 spiro atoms.